The summed E-state index contributed by atoms with van der Waals surface area (Å²) in [6, 6.07) is -0.333. The molecule has 2 fully saturated rings. The van der Waals surface area contributed by atoms with Gasteiger partial charge in [0.1, 0.15) is 0 Å². The topological polar surface area (TPSA) is 72.1 Å². The van der Waals surface area contributed by atoms with Crippen molar-refractivity contribution in [2.24, 2.45) is 0 Å². The van der Waals surface area contributed by atoms with Gasteiger partial charge in [-0.3, -0.25) is 5.43 Å². The number of rotatable bonds is 2. The molecule has 0 spiro atoms. The van der Waals surface area contributed by atoms with Crippen LogP contribution in [-0.2, 0) is 14.0 Å². The Bertz CT molecular complexity index is 329. The molecule has 2 rings (SSSR count). The summed E-state index contributed by atoms with van der Waals surface area (Å²) in [4.78, 5) is 11.8. The summed E-state index contributed by atoms with van der Waals surface area (Å²) in [6.45, 7) is 10.4. The van der Waals surface area contributed by atoms with E-state index in [2.05, 4.69) is 10.7 Å². The molecule has 0 radical (unpaired) electrons. The number of morpholine rings is 1. The smallest absolute Gasteiger partial charge is 0.384 e. The molecule has 7 nitrogen and oxygen atoms in total. The van der Waals surface area contributed by atoms with Gasteiger partial charge >= 0.3 is 13.3 Å². The molecule has 0 unspecified atom stereocenters. The van der Waals surface area contributed by atoms with Gasteiger partial charge in [0.25, 0.3) is 0 Å². The van der Waals surface area contributed by atoms with Crippen molar-refractivity contribution < 1.29 is 18.8 Å². The van der Waals surface area contributed by atoms with Gasteiger partial charge in [-0.1, -0.05) is 0 Å². The van der Waals surface area contributed by atoms with Crippen LogP contribution in [0, 0.1) is 0 Å². The number of carbonyl (C=O) groups excluding carboxylic acids is 1. The summed E-state index contributed by atoms with van der Waals surface area (Å²) < 4.78 is 16.6. The van der Waals surface area contributed by atoms with E-state index in [4.69, 9.17) is 14.0 Å². The molecule has 0 bridgehead atoms. The van der Waals surface area contributed by atoms with Crippen molar-refractivity contribution in [1.82, 2.24) is 15.7 Å². The molecule has 2 aliphatic rings. The van der Waals surface area contributed by atoms with Crippen LogP contribution in [0.1, 0.15) is 27.7 Å². The van der Waals surface area contributed by atoms with E-state index in [9.17, 15) is 4.79 Å². The standard InChI is InChI=1S/C11H22BN3O4/c1-10(2)11(3,4)19-12(18-10)13-9(16)14-15-5-7-17-8-6-15/h5-8H2,1-4H3,(H2,13,14,16). The van der Waals surface area contributed by atoms with Crippen molar-refractivity contribution in [3.63, 3.8) is 0 Å². The molecule has 19 heavy (non-hydrogen) atoms. The Morgan fingerprint density at radius 2 is 1.63 bits per heavy atom. The van der Waals surface area contributed by atoms with Crippen LogP contribution in [0.2, 0.25) is 0 Å². The fourth-order valence-corrected chi connectivity index (χ4v) is 1.86. The molecule has 0 aromatic heterocycles. The van der Waals surface area contributed by atoms with Crippen molar-refractivity contribution in [1.29, 1.82) is 0 Å². The summed E-state index contributed by atoms with van der Waals surface area (Å²) in [7, 11) is -0.731. The van der Waals surface area contributed by atoms with Crippen molar-refractivity contribution in [2.45, 2.75) is 38.9 Å². The van der Waals surface area contributed by atoms with Crippen LogP contribution >= 0.6 is 0 Å². The fourth-order valence-electron chi connectivity index (χ4n) is 1.86. The maximum Gasteiger partial charge on any atom is 0.595 e. The number of hydrogen-bond donors (Lipinski definition) is 2. The Kier molecular flexibility index (Phi) is 4.05. The van der Waals surface area contributed by atoms with Gasteiger partial charge in [0.05, 0.1) is 24.4 Å². The monoisotopic (exact) mass is 271 g/mol. The summed E-state index contributed by atoms with van der Waals surface area (Å²) in [5.74, 6) is 0. The molecule has 0 aliphatic carbocycles. The third-order valence-electron chi connectivity index (χ3n) is 3.77. The molecular formula is C11H22BN3O4. The van der Waals surface area contributed by atoms with Gasteiger partial charge < -0.3 is 19.3 Å². The van der Waals surface area contributed by atoms with Crippen molar-refractivity contribution in [3.8, 4) is 0 Å². The lowest BCUT2D eigenvalue weighted by Crippen LogP contribution is -2.55. The second-order valence-electron chi connectivity index (χ2n) is 5.77. The largest absolute Gasteiger partial charge is 0.595 e. The second-order valence-corrected chi connectivity index (χ2v) is 5.77. The second kappa shape index (κ2) is 5.28. The van der Waals surface area contributed by atoms with Gasteiger partial charge in [-0.25, -0.2) is 9.80 Å². The van der Waals surface area contributed by atoms with Crippen LogP contribution in [0.5, 0.6) is 0 Å². The minimum absolute atomic E-state index is 0.333. The minimum Gasteiger partial charge on any atom is -0.384 e. The SMILES string of the molecule is CC1(C)OB(NC(=O)NN2CCOCC2)OC1(C)C. The fraction of sp³-hybridized carbons (Fsp3) is 0.909. The lowest BCUT2D eigenvalue weighted by Gasteiger charge is -2.32. The zero-order valence-electron chi connectivity index (χ0n) is 12.0. The molecule has 2 heterocycles. The van der Waals surface area contributed by atoms with Crippen molar-refractivity contribution >= 4 is 13.3 Å². The Hall–Kier alpha value is -0.825. The van der Waals surface area contributed by atoms with Gasteiger partial charge in [0, 0.05) is 13.1 Å². The van der Waals surface area contributed by atoms with Crippen LogP contribution in [0.4, 0.5) is 4.79 Å². The van der Waals surface area contributed by atoms with E-state index in [0.717, 1.165) is 0 Å². The minimum atomic E-state index is -0.731. The first kappa shape index (κ1) is 14.6. The van der Waals surface area contributed by atoms with Gasteiger partial charge in [-0.05, 0) is 27.7 Å². The Morgan fingerprint density at radius 1 is 1.11 bits per heavy atom. The molecule has 8 heteroatoms. The maximum absolute atomic E-state index is 11.8. The first-order chi connectivity index (χ1) is 8.80. The predicted molar refractivity (Wildman–Crippen MR) is 70.1 cm³/mol. The van der Waals surface area contributed by atoms with E-state index in [-0.39, 0.29) is 6.03 Å². The number of nitrogens with zero attached hydrogens (tertiary/aromatic N) is 1. The van der Waals surface area contributed by atoms with E-state index < -0.39 is 18.5 Å². The number of hydrazine groups is 1. The maximum atomic E-state index is 11.8. The Balaban J connectivity index is 1.80. The highest BCUT2D eigenvalue weighted by Gasteiger charge is 2.52. The van der Waals surface area contributed by atoms with Gasteiger partial charge in [-0.2, -0.15) is 0 Å². The molecule has 2 N–H and O–H groups in total. The molecule has 0 aromatic rings. The van der Waals surface area contributed by atoms with Crippen LogP contribution < -0.4 is 10.7 Å². The molecule has 0 atom stereocenters. The average molecular weight is 271 g/mol. The summed E-state index contributed by atoms with van der Waals surface area (Å²) >= 11 is 0. The van der Waals surface area contributed by atoms with Gasteiger partial charge in [0.2, 0.25) is 0 Å². The number of carbonyl (C=O) groups is 1. The number of nitrogens with one attached hydrogen (secondary N) is 2. The summed E-state index contributed by atoms with van der Waals surface area (Å²) in [5, 5.41) is 4.47. The number of urea groups is 1. The molecule has 2 saturated heterocycles. The molecule has 2 aliphatic heterocycles. The zero-order chi connectivity index (χ0) is 14.1. The normalized spacial score (nSPS) is 26.2. The number of hydrogen-bond acceptors (Lipinski definition) is 5. The molecule has 0 aromatic carbocycles. The first-order valence-corrected chi connectivity index (χ1v) is 6.56. The van der Waals surface area contributed by atoms with E-state index in [1.54, 1.807) is 0 Å². The Labute approximate surface area is 114 Å². The predicted octanol–water partition coefficient (Wildman–Crippen LogP) is 0.122. The number of amides is 2. The lowest BCUT2D eigenvalue weighted by atomic mass is 9.90. The summed E-state index contributed by atoms with van der Waals surface area (Å²) in [6.07, 6.45) is 0. The van der Waals surface area contributed by atoms with Crippen LogP contribution in [0.15, 0.2) is 0 Å². The van der Waals surface area contributed by atoms with Crippen LogP contribution in [0.3, 0.4) is 0 Å². The molecular weight excluding hydrogens is 249 g/mol. The highest BCUT2D eigenvalue weighted by molar-refractivity contribution is 6.46. The van der Waals surface area contributed by atoms with Crippen molar-refractivity contribution in [2.75, 3.05) is 26.3 Å². The quantitative estimate of drug-likeness (QED) is 0.698. The summed E-state index contributed by atoms with van der Waals surface area (Å²) in [5.41, 5.74) is 1.83. The van der Waals surface area contributed by atoms with E-state index in [1.165, 1.54) is 0 Å². The van der Waals surface area contributed by atoms with Crippen LogP contribution in [-0.4, -0.2) is 55.8 Å². The highest BCUT2D eigenvalue weighted by Crippen LogP contribution is 2.35. The molecule has 0 saturated carbocycles. The number of ether oxygens (including phenoxy) is 1. The third-order valence-corrected chi connectivity index (χ3v) is 3.77. The average Bonchev–Trinajstić information content (AvgIpc) is 2.47. The van der Waals surface area contributed by atoms with E-state index >= 15 is 0 Å². The lowest BCUT2D eigenvalue weighted by molar-refractivity contribution is 0.00578. The van der Waals surface area contributed by atoms with Gasteiger partial charge in [0.15, 0.2) is 0 Å². The van der Waals surface area contributed by atoms with E-state index in [1.807, 2.05) is 32.7 Å². The van der Waals surface area contributed by atoms with Crippen LogP contribution in [0.25, 0.3) is 0 Å². The first-order valence-electron chi connectivity index (χ1n) is 6.56. The Morgan fingerprint density at radius 3 is 2.16 bits per heavy atom. The van der Waals surface area contributed by atoms with E-state index in [0.29, 0.717) is 26.3 Å². The molecule has 2 amide bonds. The van der Waals surface area contributed by atoms with Crippen molar-refractivity contribution in [3.05, 3.63) is 0 Å². The highest BCUT2D eigenvalue weighted by atomic mass is 16.7. The zero-order valence-corrected chi connectivity index (χ0v) is 12.0. The molecule has 108 valence electrons. The van der Waals surface area contributed by atoms with Gasteiger partial charge in [-0.15, -0.1) is 0 Å². The third kappa shape index (κ3) is 3.39.